The van der Waals surface area contributed by atoms with E-state index in [9.17, 15) is 18.0 Å². The molecule has 1 amide bonds. The molecule has 1 aliphatic rings. The molecule has 1 aromatic carbocycles. The number of benzene rings is 1. The summed E-state index contributed by atoms with van der Waals surface area (Å²) in [5.41, 5.74) is -0.362. The first-order valence-electron chi connectivity index (χ1n) is 5.08. The average Bonchev–Trinajstić information content (AvgIpc) is 2.28. The molecule has 0 aromatic heterocycles. The van der Waals surface area contributed by atoms with Crippen LogP contribution in [0.5, 0.6) is 0 Å². The third-order valence-electron chi connectivity index (χ3n) is 2.51. The Morgan fingerprint density at radius 1 is 1.35 bits per heavy atom. The maximum atomic E-state index is 12.5. The predicted octanol–water partition coefficient (Wildman–Crippen LogP) is 2.88. The van der Waals surface area contributed by atoms with Gasteiger partial charge in [-0.25, -0.2) is 4.79 Å². The molecular weight excluding hydrogens is 235 g/mol. The summed E-state index contributed by atoms with van der Waals surface area (Å²) >= 11 is 0. The van der Waals surface area contributed by atoms with Gasteiger partial charge >= 0.3 is 12.3 Å². The van der Waals surface area contributed by atoms with Gasteiger partial charge in [0.15, 0.2) is 0 Å². The molecule has 1 heterocycles. The lowest BCUT2D eigenvalue weighted by molar-refractivity contribution is -0.137. The van der Waals surface area contributed by atoms with E-state index in [1.807, 2.05) is 0 Å². The van der Waals surface area contributed by atoms with Crippen molar-refractivity contribution >= 4 is 6.09 Å². The fourth-order valence-corrected chi connectivity index (χ4v) is 1.69. The minimum absolute atomic E-state index is 0.370. The Hall–Kier alpha value is -1.72. The lowest BCUT2D eigenvalue weighted by Crippen LogP contribution is -2.33. The van der Waals surface area contributed by atoms with E-state index in [0.29, 0.717) is 18.5 Å². The molecule has 0 bridgehead atoms. The number of ether oxygens (including phenoxy) is 1. The van der Waals surface area contributed by atoms with Gasteiger partial charge in [0.25, 0.3) is 0 Å². The standard InChI is InChI=1S/C11H10F3NO2/c12-11(13,14)8-3-1-2-7(6-8)9-4-5-15-10(16)17-9/h1-3,6,9H,4-5H2,(H,15,16). The number of rotatable bonds is 1. The molecule has 1 unspecified atom stereocenters. The number of amides is 1. The van der Waals surface area contributed by atoms with Crippen LogP contribution in [0.1, 0.15) is 23.7 Å². The molecule has 3 nitrogen and oxygen atoms in total. The third-order valence-corrected chi connectivity index (χ3v) is 2.51. The van der Waals surface area contributed by atoms with Crippen molar-refractivity contribution in [2.24, 2.45) is 0 Å². The van der Waals surface area contributed by atoms with Gasteiger partial charge in [0, 0.05) is 13.0 Å². The van der Waals surface area contributed by atoms with Gasteiger partial charge in [0.1, 0.15) is 6.10 Å². The van der Waals surface area contributed by atoms with Gasteiger partial charge < -0.3 is 10.1 Å². The van der Waals surface area contributed by atoms with Crippen molar-refractivity contribution in [1.82, 2.24) is 5.32 Å². The molecule has 6 heteroatoms. The number of nitrogens with one attached hydrogen (secondary N) is 1. The predicted molar refractivity (Wildman–Crippen MR) is 53.3 cm³/mol. The molecule has 92 valence electrons. The first-order chi connectivity index (χ1) is 7.97. The van der Waals surface area contributed by atoms with E-state index in [-0.39, 0.29) is 0 Å². The van der Waals surface area contributed by atoms with Gasteiger partial charge in [-0.1, -0.05) is 12.1 Å². The Morgan fingerprint density at radius 2 is 2.12 bits per heavy atom. The molecular formula is C11H10F3NO2. The SMILES string of the molecule is O=C1NCCC(c2cccc(C(F)(F)F)c2)O1. The second-order valence-electron chi connectivity index (χ2n) is 3.73. The number of alkyl halides is 3. The third kappa shape index (κ3) is 2.69. The summed E-state index contributed by atoms with van der Waals surface area (Å²) in [5.74, 6) is 0. The van der Waals surface area contributed by atoms with Crippen molar-refractivity contribution in [2.45, 2.75) is 18.7 Å². The normalized spacial score (nSPS) is 20.6. The molecule has 0 saturated carbocycles. The topological polar surface area (TPSA) is 38.3 Å². The van der Waals surface area contributed by atoms with E-state index in [4.69, 9.17) is 4.74 Å². The van der Waals surface area contributed by atoms with Gasteiger partial charge in [0.05, 0.1) is 5.56 Å². The zero-order chi connectivity index (χ0) is 12.5. The first-order valence-corrected chi connectivity index (χ1v) is 5.08. The summed E-state index contributed by atoms with van der Waals surface area (Å²) in [5, 5.41) is 2.44. The molecule has 17 heavy (non-hydrogen) atoms. The number of carbonyl (C=O) groups excluding carboxylic acids is 1. The largest absolute Gasteiger partial charge is 0.441 e. The highest BCUT2D eigenvalue weighted by Crippen LogP contribution is 2.32. The molecule has 1 atom stereocenters. The highest BCUT2D eigenvalue weighted by Gasteiger charge is 2.31. The first kappa shape index (κ1) is 11.8. The van der Waals surface area contributed by atoms with Crippen molar-refractivity contribution in [3.8, 4) is 0 Å². The lowest BCUT2D eigenvalue weighted by Gasteiger charge is -2.23. The van der Waals surface area contributed by atoms with Crippen molar-refractivity contribution in [3.05, 3.63) is 35.4 Å². The van der Waals surface area contributed by atoms with Crippen molar-refractivity contribution in [3.63, 3.8) is 0 Å². The minimum Gasteiger partial charge on any atom is -0.441 e. The van der Waals surface area contributed by atoms with Crippen LogP contribution in [0.15, 0.2) is 24.3 Å². The van der Waals surface area contributed by atoms with Gasteiger partial charge in [-0.05, 0) is 17.7 Å². The van der Waals surface area contributed by atoms with Gasteiger partial charge in [0.2, 0.25) is 0 Å². The van der Waals surface area contributed by atoms with Gasteiger partial charge in [-0.2, -0.15) is 13.2 Å². The quantitative estimate of drug-likeness (QED) is 0.826. The monoisotopic (exact) mass is 245 g/mol. The second-order valence-corrected chi connectivity index (χ2v) is 3.73. The van der Waals surface area contributed by atoms with Crippen LogP contribution in [0.3, 0.4) is 0 Å². The van der Waals surface area contributed by atoms with Crippen molar-refractivity contribution in [2.75, 3.05) is 6.54 Å². The highest BCUT2D eigenvalue weighted by molar-refractivity contribution is 5.68. The van der Waals surface area contributed by atoms with E-state index >= 15 is 0 Å². The smallest absolute Gasteiger partial charge is 0.416 e. The fourth-order valence-electron chi connectivity index (χ4n) is 1.69. The number of hydrogen-bond donors (Lipinski definition) is 1. The number of alkyl carbamates (subject to hydrolysis) is 1. The van der Waals surface area contributed by atoms with E-state index < -0.39 is 23.9 Å². The van der Waals surface area contributed by atoms with Crippen molar-refractivity contribution in [1.29, 1.82) is 0 Å². The van der Waals surface area contributed by atoms with Crippen LogP contribution in [-0.2, 0) is 10.9 Å². The van der Waals surface area contributed by atoms with Crippen LogP contribution in [0.25, 0.3) is 0 Å². The zero-order valence-electron chi connectivity index (χ0n) is 8.75. The Balaban J connectivity index is 2.24. The zero-order valence-corrected chi connectivity index (χ0v) is 8.75. The average molecular weight is 245 g/mol. The highest BCUT2D eigenvalue weighted by atomic mass is 19.4. The van der Waals surface area contributed by atoms with E-state index in [0.717, 1.165) is 12.1 Å². The Labute approximate surface area is 95.6 Å². The Bertz CT molecular complexity index is 431. The number of halogens is 3. The van der Waals surface area contributed by atoms with Crippen LogP contribution in [0.4, 0.5) is 18.0 Å². The molecule has 0 radical (unpaired) electrons. The number of hydrogen-bond acceptors (Lipinski definition) is 2. The maximum absolute atomic E-state index is 12.5. The van der Waals surface area contributed by atoms with Crippen LogP contribution >= 0.6 is 0 Å². The van der Waals surface area contributed by atoms with Crippen LogP contribution in [-0.4, -0.2) is 12.6 Å². The minimum atomic E-state index is -4.38. The number of cyclic esters (lactones) is 1. The summed E-state index contributed by atoms with van der Waals surface area (Å²) in [4.78, 5) is 11.0. The lowest BCUT2D eigenvalue weighted by atomic mass is 10.0. The second kappa shape index (κ2) is 4.27. The summed E-state index contributed by atoms with van der Waals surface area (Å²) in [7, 11) is 0. The molecule has 1 aromatic rings. The molecule has 0 aliphatic carbocycles. The molecule has 2 rings (SSSR count). The van der Waals surface area contributed by atoms with E-state index in [1.165, 1.54) is 12.1 Å². The maximum Gasteiger partial charge on any atom is 0.416 e. The summed E-state index contributed by atoms with van der Waals surface area (Å²) in [6.45, 7) is 0.403. The van der Waals surface area contributed by atoms with Crippen LogP contribution < -0.4 is 5.32 Å². The Morgan fingerprint density at radius 3 is 2.76 bits per heavy atom. The van der Waals surface area contributed by atoms with Gasteiger partial charge in [-0.3, -0.25) is 0 Å². The summed E-state index contributed by atoms with van der Waals surface area (Å²) in [6, 6.07) is 4.85. The molecule has 1 N–H and O–H groups in total. The molecule has 1 aliphatic heterocycles. The van der Waals surface area contributed by atoms with Gasteiger partial charge in [-0.15, -0.1) is 0 Å². The summed E-state index contributed by atoms with van der Waals surface area (Å²) in [6.07, 6.45) is -5.12. The fraction of sp³-hybridized carbons (Fsp3) is 0.364. The summed E-state index contributed by atoms with van der Waals surface area (Å²) < 4.78 is 42.4. The van der Waals surface area contributed by atoms with E-state index in [1.54, 1.807) is 0 Å². The molecule has 1 fully saturated rings. The number of carbonyl (C=O) groups is 1. The molecule has 0 spiro atoms. The van der Waals surface area contributed by atoms with Crippen molar-refractivity contribution < 1.29 is 22.7 Å². The van der Waals surface area contributed by atoms with Crippen LogP contribution in [0.2, 0.25) is 0 Å². The Kier molecular flexibility index (Phi) is 2.95. The van der Waals surface area contributed by atoms with E-state index in [2.05, 4.69) is 5.32 Å². The molecule has 1 saturated heterocycles. The van der Waals surface area contributed by atoms with Crippen LogP contribution in [0, 0.1) is 0 Å².